The molecule has 0 N–H and O–H groups in total. The number of likely N-dealkylation sites (N-methyl/N-ethyl adjacent to an activating group) is 1. The van der Waals surface area contributed by atoms with Crippen LogP contribution in [0.5, 0.6) is 5.75 Å². The molecule has 2 aliphatic heterocycles. The molecule has 164 valence electrons. The summed E-state index contributed by atoms with van der Waals surface area (Å²) in [7, 11) is 1.70. The Hall–Kier alpha value is -2.71. The van der Waals surface area contributed by atoms with E-state index in [0.717, 1.165) is 85.7 Å². The van der Waals surface area contributed by atoms with E-state index in [4.69, 9.17) is 24.4 Å². The van der Waals surface area contributed by atoms with Crippen LogP contribution in [0.4, 0.5) is 5.82 Å². The average Bonchev–Trinajstić information content (AvgIpc) is 3.46. The van der Waals surface area contributed by atoms with Gasteiger partial charge in [0.05, 0.1) is 25.3 Å². The lowest BCUT2D eigenvalue weighted by atomic mass is 10.1. The van der Waals surface area contributed by atoms with Gasteiger partial charge in [-0.15, -0.1) is 0 Å². The number of rotatable bonds is 5. The van der Waals surface area contributed by atoms with Crippen molar-refractivity contribution in [3.8, 4) is 17.1 Å². The molecule has 1 aromatic carbocycles. The van der Waals surface area contributed by atoms with Crippen LogP contribution in [0.15, 0.2) is 24.3 Å². The molecule has 1 atom stereocenters. The van der Waals surface area contributed by atoms with E-state index >= 15 is 0 Å². The van der Waals surface area contributed by atoms with Gasteiger partial charge in [0, 0.05) is 32.8 Å². The molecule has 4 heterocycles. The summed E-state index contributed by atoms with van der Waals surface area (Å²) in [5.41, 5.74) is 2.72. The van der Waals surface area contributed by atoms with Gasteiger partial charge < -0.3 is 23.8 Å². The normalized spacial score (nSPS) is 20.0. The van der Waals surface area contributed by atoms with E-state index in [1.807, 2.05) is 25.1 Å². The molecule has 3 aromatic rings. The zero-order valence-corrected chi connectivity index (χ0v) is 18.5. The highest BCUT2D eigenvalue weighted by Gasteiger charge is 2.29. The molecule has 1 unspecified atom stereocenters. The lowest BCUT2D eigenvalue weighted by molar-refractivity contribution is 0.187. The van der Waals surface area contributed by atoms with E-state index in [2.05, 4.69) is 27.4 Å². The van der Waals surface area contributed by atoms with E-state index < -0.39 is 0 Å². The zero-order valence-electron chi connectivity index (χ0n) is 18.5. The Kier molecular flexibility index (Phi) is 5.50. The maximum atomic E-state index is 5.74. The molecule has 2 aromatic heterocycles. The Morgan fingerprint density at radius 1 is 1.10 bits per heavy atom. The Labute approximate surface area is 182 Å². The standard InChI is InChI=1S/C23H30N6O2/c1-4-27-10-12-28(13-11-27)22-20-23(25-16(2)24-22)29(17-9-14-31-15-17)21(26-20)18-7-5-6-8-19(18)30-3/h5-8,17H,4,9-15H2,1-3H3. The van der Waals surface area contributed by atoms with Gasteiger partial charge in [-0.1, -0.05) is 19.1 Å². The topological polar surface area (TPSA) is 68.5 Å². The van der Waals surface area contributed by atoms with Crippen molar-refractivity contribution >= 4 is 17.0 Å². The highest BCUT2D eigenvalue weighted by Crippen LogP contribution is 2.37. The van der Waals surface area contributed by atoms with Crippen LogP contribution in [0.2, 0.25) is 0 Å². The first kappa shape index (κ1) is 20.2. The van der Waals surface area contributed by atoms with E-state index in [1.165, 1.54) is 0 Å². The molecule has 2 fully saturated rings. The first-order valence-electron chi connectivity index (χ1n) is 11.1. The number of benzene rings is 1. The van der Waals surface area contributed by atoms with Gasteiger partial charge in [-0.3, -0.25) is 0 Å². The summed E-state index contributed by atoms with van der Waals surface area (Å²) in [5.74, 6) is 3.39. The highest BCUT2D eigenvalue weighted by molar-refractivity contribution is 5.88. The first-order chi connectivity index (χ1) is 15.2. The number of piperazine rings is 1. The second-order valence-electron chi connectivity index (χ2n) is 8.21. The number of hydrogen-bond donors (Lipinski definition) is 0. The third-order valence-corrected chi connectivity index (χ3v) is 6.37. The van der Waals surface area contributed by atoms with Crippen molar-refractivity contribution in [2.75, 3.05) is 57.9 Å². The smallest absolute Gasteiger partial charge is 0.166 e. The van der Waals surface area contributed by atoms with Gasteiger partial charge in [0.15, 0.2) is 17.0 Å². The largest absolute Gasteiger partial charge is 0.496 e. The Morgan fingerprint density at radius 3 is 2.61 bits per heavy atom. The number of anilines is 1. The summed E-state index contributed by atoms with van der Waals surface area (Å²) < 4.78 is 13.7. The number of imidazole rings is 1. The SMILES string of the molecule is CCN1CCN(c2nc(C)nc3c2nc(-c2ccccc2OC)n3C2CCOC2)CC1. The van der Waals surface area contributed by atoms with Crippen LogP contribution >= 0.6 is 0 Å². The summed E-state index contributed by atoms with van der Waals surface area (Å²) in [6, 6.07) is 8.24. The predicted molar refractivity (Wildman–Crippen MR) is 121 cm³/mol. The zero-order chi connectivity index (χ0) is 21.4. The van der Waals surface area contributed by atoms with Crippen LogP contribution < -0.4 is 9.64 Å². The van der Waals surface area contributed by atoms with Crippen molar-refractivity contribution in [3.05, 3.63) is 30.1 Å². The van der Waals surface area contributed by atoms with Gasteiger partial charge in [-0.2, -0.15) is 0 Å². The maximum absolute atomic E-state index is 5.74. The number of ether oxygens (including phenoxy) is 2. The molecule has 2 saturated heterocycles. The summed E-state index contributed by atoms with van der Waals surface area (Å²) >= 11 is 0. The van der Waals surface area contributed by atoms with Crippen molar-refractivity contribution < 1.29 is 9.47 Å². The molecule has 0 amide bonds. The first-order valence-corrected chi connectivity index (χ1v) is 11.1. The Balaban J connectivity index is 1.69. The molecule has 0 radical (unpaired) electrons. The summed E-state index contributed by atoms with van der Waals surface area (Å²) in [6.45, 7) is 10.7. The van der Waals surface area contributed by atoms with E-state index in [0.29, 0.717) is 6.61 Å². The van der Waals surface area contributed by atoms with Crippen molar-refractivity contribution in [2.45, 2.75) is 26.3 Å². The molecule has 8 nitrogen and oxygen atoms in total. The molecule has 31 heavy (non-hydrogen) atoms. The third-order valence-electron chi connectivity index (χ3n) is 6.37. The number of aryl methyl sites for hydroxylation is 1. The van der Waals surface area contributed by atoms with Gasteiger partial charge in [0.25, 0.3) is 0 Å². The minimum Gasteiger partial charge on any atom is -0.496 e. The van der Waals surface area contributed by atoms with Crippen molar-refractivity contribution in [3.63, 3.8) is 0 Å². The second-order valence-corrected chi connectivity index (χ2v) is 8.21. The average molecular weight is 423 g/mol. The van der Waals surface area contributed by atoms with Crippen LogP contribution in [0.1, 0.15) is 25.2 Å². The van der Waals surface area contributed by atoms with Crippen LogP contribution in [0.25, 0.3) is 22.6 Å². The number of hydrogen-bond acceptors (Lipinski definition) is 7. The fourth-order valence-electron chi connectivity index (χ4n) is 4.65. The molecule has 5 rings (SSSR count). The monoisotopic (exact) mass is 422 g/mol. The van der Waals surface area contributed by atoms with Crippen molar-refractivity contribution in [2.24, 2.45) is 0 Å². The molecule has 0 bridgehead atoms. The van der Waals surface area contributed by atoms with Crippen LogP contribution in [-0.2, 0) is 4.74 Å². The summed E-state index contributed by atoms with van der Waals surface area (Å²) in [4.78, 5) is 19.7. The minimum atomic E-state index is 0.198. The van der Waals surface area contributed by atoms with Crippen molar-refractivity contribution in [1.29, 1.82) is 0 Å². The Bertz CT molecular complexity index is 1070. The number of methoxy groups -OCH3 is 1. The number of para-hydroxylation sites is 1. The predicted octanol–water partition coefficient (Wildman–Crippen LogP) is 2.91. The van der Waals surface area contributed by atoms with E-state index in [9.17, 15) is 0 Å². The van der Waals surface area contributed by atoms with Gasteiger partial charge >= 0.3 is 0 Å². The number of fused-ring (bicyclic) bond motifs is 1. The van der Waals surface area contributed by atoms with Gasteiger partial charge in [-0.25, -0.2) is 15.0 Å². The quantitative estimate of drug-likeness (QED) is 0.626. The molecular formula is C23H30N6O2. The van der Waals surface area contributed by atoms with Gasteiger partial charge in [0.1, 0.15) is 17.4 Å². The molecule has 8 heteroatoms. The van der Waals surface area contributed by atoms with Crippen molar-refractivity contribution in [1.82, 2.24) is 24.4 Å². The highest BCUT2D eigenvalue weighted by atomic mass is 16.5. The molecule has 0 spiro atoms. The molecule has 2 aliphatic rings. The summed E-state index contributed by atoms with van der Waals surface area (Å²) in [6.07, 6.45) is 0.946. The number of aromatic nitrogens is 4. The molecule has 0 aliphatic carbocycles. The van der Waals surface area contributed by atoms with E-state index in [-0.39, 0.29) is 6.04 Å². The molecule has 0 saturated carbocycles. The lowest BCUT2D eigenvalue weighted by Crippen LogP contribution is -2.46. The maximum Gasteiger partial charge on any atom is 0.166 e. The fraction of sp³-hybridized carbons (Fsp3) is 0.522. The van der Waals surface area contributed by atoms with E-state index in [1.54, 1.807) is 7.11 Å². The van der Waals surface area contributed by atoms with Crippen LogP contribution in [-0.4, -0.2) is 77.5 Å². The fourth-order valence-corrected chi connectivity index (χ4v) is 4.65. The Morgan fingerprint density at radius 2 is 1.90 bits per heavy atom. The van der Waals surface area contributed by atoms with Gasteiger partial charge in [0.2, 0.25) is 0 Å². The number of nitrogens with zero attached hydrogens (tertiary/aromatic N) is 6. The van der Waals surface area contributed by atoms with Gasteiger partial charge in [-0.05, 0) is 32.0 Å². The summed E-state index contributed by atoms with van der Waals surface area (Å²) in [5, 5.41) is 0. The second kappa shape index (κ2) is 8.43. The van der Waals surface area contributed by atoms with Crippen LogP contribution in [0, 0.1) is 6.92 Å². The molecular weight excluding hydrogens is 392 g/mol. The van der Waals surface area contributed by atoms with Crippen LogP contribution in [0.3, 0.4) is 0 Å². The third kappa shape index (κ3) is 3.64. The minimum absolute atomic E-state index is 0.198. The lowest BCUT2D eigenvalue weighted by Gasteiger charge is -2.34.